The average molecular weight is 699 g/mol. The smallest absolute Gasteiger partial charge is 0.293 e. The molecule has 0 spiro atoms. The molecule has 0 aliphatic carbocycles. The molecule has 174 valence electrons. The van der Waals surface area contributed by atoms with Crippen molar-refractivity contribution in [1.29, 1.82) is 0 Å². The van der Waals surface area contributed by atoms with Crippen LogP contribution in [0.2, 0.25) is 0 Å². The van der Waals surface area contributed by atoms with Crippen LogP contribution in [0.5, 0.6) is 5.75 Å². The van der Waals surface area contributed by atoms with Crippen molar-refractivity contribution in [2.24, 2.45) is 0 Å². The fourth-order valence-corrected chi connectivity index (χ4v) is 6.49. The lowest BCUT2D eigenvalue weighted by atomic mass is 10.1. The molecule has 8 heteroatoms. The van der Waals surface area contributed by atoms with Gasteiger partial charge in [-0.25, -0.2) is 4.39 Å². The first-order valence-electron chi connectivity index (χ1n) is 10.6. The van der Waals surface area contributed by atoms with Gasteiger partial charge in [0.15, 0.2) is 0 Å². The number of imide groups is 1. The Labute approximate surface area is 229 Å². The van der Waals surface area contributed by atoms with Gasteiger partial charge < -0.3 is 4.74 Å². The fourth-order valence-electron chi connectivity index (χ4n) is 3.50. The van der Waals surface area contributed by atoms with Crippen LogP contribution in [0.1, 0.15) is 23.1 Å². The molecule has 3 aromatic rings. The zero-order valence-corrected chi connectivity index (χ0v) is 23.1. The molecular formula is C26H20FI2NO3S. The van der Waals surface area contributed by atoms with Crippen molar-refractivity contribution < 1.29 is 18.7 Å². The van der Waals surface area contributed by atoms with Crippen LogP contribution in [0.15, 0.2) is 71.6 Å². The molecule has 1 saturated heterocycles. The number of ether oxygens (including phenoxy) is 1. The number of nitrogens with zero attached hydrogens (tertiary/aromatic N) is 1. The number of aryl methyl sites for hydroxylation is 1. The first-order valence-corrected chi connectivity index (χ1v) is 13.5. The number of halogens is 3. The highest BCUT2D eigenvalue weighted by molar-refractivity contribution is 14.1. The first-order chi connectivity index (χ1) is 16.4. The van der Waals surface area contributed by atoms with E-state index in [1.807, 2.05) is 42.5 Å². The van der Waals surface area contributed by atoms with Gasteiger partial charge in [0, 0.05) is 12.1 Å². The standard InChI is InChI=1S/C26H20FI2NO3S/c27-20-11-5-4-10-19(20)16-33-24-21(28)13-18(14-22(24)29)15-23-25(31)30(26(32)34-23)12-6-9-17-7-2-1-3-8-17/h1-5,7-8,10-11,13-15H,6,9,12,16H2/b23-15+. The molecule has 4 rings (SSSR count). The maximum atomic E-state index is 13.9. The van der Waals surface area contributed by atoms with Gasteiger partial charge >= 0.3 is 0 Å². The Morgan fingerprint density at radius 1 is 0.971 bits per heavy atom. The molecule has 0 saturated carbocycles. The number of carbonyl (C=O) groups excluding carboxylic acids is 2. The van der Waals surface area contributed by atoms with Gasteiger partial charge in [-0.2, -0.15) is 0 Å². The van der Waals surface area contributed by atoms with Crippen LogP contribution in [0.3, 0.4) is 0 Å². The van der Waals surface area contributed by atoms with Crippen LogP contribution in [0.4, 0.5) is 9.18 Å². The minimum Gasteiger partial charge on any atom is -0.487 e. The lowest BCUT2D eigenvalue weighted by Crippen LogP contribution is -2.29. The third kappa shape index (κ3) is 6.19. The van der Waals surface area contributed by atoms with E-state index in [0.717, 1.165) is 37.3 Å². The van der Waals surface area contributed by atoms with Gasteiger partial charge in [-0.05, 0) is 105 Å². The number of rotatable bonds is 8. The van der Waals surface area contributed by atoms with Crippen LogP contribution < -0.4 is 4.74 Å². The zero-order valence-electron chi connectivity index (χ0n) is 18.0. The summed E-state index contributed by atoms with van der Waals surface area (Å²) in [6.07, 6.45) is 3.28. The van der Waals surface area contributed by atoms with Crippen LogP contribution in [-0.4, -0.2) is 22.6 Å². The van der Waals surface area contributed by atoms with E-state index in [1.165, 1.54) is 16.5 Å². The van der Waals surface area contributed by atoms with E-state index in [1.54, 1.807) is 24.3 Å². The van der Waals surface area contributed by atoms with E-state index < -0.39 is 0 Å². The van der Waals surface area contributed by atoms with Gasteiger partial charge in [0.25, 0.3) is 11.1 Å². The average Bonchev–Trinajstić information content (AvgIpc) is 3.07. The Morgan fingerprint density at radius 3 is 2.35 bits per heavy atom. The quantitative estimate of drug-likeness (QED) is 0.183. The van der Waals surface area contributed by atoms with Crippen molar-refractivity contribution >= 4 is 74.2 Å². The van der Waals surface area contributed by atoms with Crippen LogP contribution in [0, 0.1) is 13.0 Å². The molecule has 0 radical (unpaired) electrons. The molecule has 34 heavy (non-hydrogen) atoms. The highest BCUT2D eigenvalue weighted by atomic mass is 127. The van der Waals surface area contributed by atoms with Crippen molar-refractivity contribution in [1.82, 2.24) is 4.90 Å². The van der Waals surface area contributed by atoms with Crippen molar-refractivity contribution in [2.45, 2.75) is 19.4 Å². The van der Waals surface area contributed by atoms with Crippen molar-refractivity contribution in [3.05, 3.63) is 101 Å². The Morgan fingerprint density at radius 2 is 1.65 bits per heavy atom. The second-order valence-corrected chi connectivity index (χ2v) is 10.9. The molecule has 1 aliphatic rings. The maximum Gasteiger partial charge on any atom is 0.293 e. The summed E-state index contributed by atoms with van der Waals surface area (Å²) in [6.45, 7) is 0.523. The Hall–Kier alpha value is -1.92. The number of amides is 2. The summed E-state index contributed by atoms with van der Waals surface area (Å²) in [5.74, 6) is 0.104. The van der Waals surface area contributed by atoms with Gasteiger partial charge in [-0.1, -0.05) is 48.5 Å². The Bertz CT molecular complexity index is 1230. The van der Waals surface area contributed by atoms with Gasteiger partial charge in [-0.15, -0.1) is 0 Å². The van der Waals surface area contributed by atoms with Crippen LogP contribution in [-0.2, 0) is 17.8 Å². The lowest BCUT2D eigenvalue weighted by Gasteiger charge is -2.13. The summed E-state index contributed by atoms with van der Waals surface area (Å²) < 4.78 is 21.5. The number of carbonyl (C=O) groups is 2. The highest BCUT2D eigenvalue weighted by Crippen LogP contribution is 2.35. The summed E-state index contributed by atoms with van der Waals surface area (Å²) in [5.41, 5.74) is 2.48. The molecule has 0 unspecified atom stereocenters. The van der Waals surface area contributed by atoms with Crippen LogP contribution >= 0.6 is 56.9 Å². The lowest BCUT2D eigenvalue weighted by molar-refractivity contribution is -0.122. The van der Waals surface area contributed by atoms with Crippen molar-refractivity contribution in [2.75, 3.05) is 6.54 Å². The number of thioether (sulfide) groups is 1. The molecule has 0 aromatic heterocycles. The maximum absolute atomic E-state index is 13.9. The van der Waals surface area contributed by atoms with E-state index in [0.29, 0.717) is 22.8 Å². The van der Waals surface area contributed by atoms with Crippen molar-refractivity contribution in [3.63, 3.8) is 0 Å². The number of hydrogen-bond acceptors (Lipinski definition) is 4. The minimum absolute atomic E-state index is 0.125. The third-order valence-corrected chi connectivity index (χ3v) is 7.72. The largest absolute Gasteiger partial charge is 0.487 e. The van der Waals surface area contributed by atoms with E-state index >= 15 is 0 Å². The number of benzene rings is 3. The normalized spacial score (nSPS) is 14.8. The summed E-state index contributed by atoms with van der Waals surface area (Å²) in [7, 11) is 0. The van der Waals surface area contributed by atoms with E-state index in [2.05, 4.69) is 45.2 Å². The summed E-state index contributed by atoms with van der Waals surface area (Å²) >= 11 is 5.30. The van der Waals surface area contributed by atoms with Gasteiger partial charge in [0.2, 0.25) is 0 Å². The molecule has 0 atom stereocenters. The van der Waals surface area contributed by atoms with Gasteiger partial charge in [0.05, 0.1) is 12.0 Å². The predicted molar refractivity (Wildman–Crippen MR) is 150 cm³/mol. The molecule has 4 nitrogen and oxygen atoms in total. The number of hydrogen-bond donors (Lipinski definition) is 0. The topological polar surface area (TPSA) is 46.6 Å². The summed E-state index contributed by atoms with van der Waals surface area (Å²) in [5, 5.41) is -0.237. The molecule has 0 N–H and O–H groups in total. The summed E-state index contributed by atoms with van der Waals surface area (Å²) in [6, 6.07) is 20.3. The molecule has 3 aromatic carbocycles. The first kappa shape index (κ1) is 25.2. The van der Waals surface area contributed by atoms with Gasteiger partial charge in [0.1, 0.15) is 18.2 Å². The fraction of sp³-hybridized carbons (Fsp3) is 0.154. The predicted octanol–water partition coefficient (Wildman–Crippen LogP) is 7.28. The monoisotopic (exact) mass is 699 g/mol. The second kappa shape index (κ2) is 11.7. The SMILES string of the molecule is O=C1S/C(=C/c2cc(I)c(OCc3ccccc3F)c(I)c2)C(=O)N1CCCc1ccccc1. The van der Waals surface area contributed by atoms with Crippen molar-refractivity contribution in [3.8, 4) is 5.75 Å². The van der Waals surface area contributed by atoms with E-state index in [9.17, 15) is 14.0 Å². The highest BCUT2D eigenvalue weighted by Gasteiger charge is 2.34. The third-order valence-electron chi connectivity index (χ3n) is 5.21. The molecule has 2 amide bonds. The van der Waals surface area contributed by atoms with E-state index in [-0.39, 0.29) is 23.6 Å². The molecule has 0 bridgehead atoms. The zero-order chi connectivity index (χ0) is 24.1. The molecule has 1 heterocycles. The Balaban J connectivity index is 1.42. The second-order valence-electron chi connectivity index (χ2n) is 7.62. The Kier molecular flexibility index (Phi) is 8.65. The molecule has 1 fully saturated rings. The molecule has 1 aliphatic heterocycles. The molecular weight excluding hydrogens is 679 g/mol. The van der Waals surface area contributed by atoms with Gasteiger partial charge in [-0.3, -0.25) is 14.5 Å². The minimum atomic E-state index is -0.302. The van der Waals surface area contributed by atoms with Crippen LogP contribution in [0.25, 0.3) is 6.08 Å². The van der Waals surface area contributed by atoms with E-state index in [4.69, 9.17) is 4.74 Å². The summed E-state index contributed by atoms with van der Waals surface area (Å²) in [4.78, 5) is 27.0.